The molecule has 6 heteroatoms. The third kappa shape index (κ3) is 3.43. The molecular weight excluding hydrogens is 288 g/mol. The molecule has 0 spiro atoms. The molecule has 2 fully saturated rings. The SMILES string of the molecule is CCOC(=O)C1(NC2CC2)CCC(Sc2nc(C)co2)C1. The van der Waals surface area contributed by atoms with Gasteiger partial charge in [-0.1, -0.05) is 11.8 Å². The Bertz CT molecular complexity index is 515. The topological polar surface area (TPSA) is 64.4 Å². The van der Waals surface area contributed by atoms with Gasteiger partial charge in [0.05, 0.1) is 12.3 Å². The third-order valence-electron chi connectivity index (χ3n) is 4.06. The Morgan fingerprint density at radius 2 is 2.38 bits per heavy atom. The number of carbonyl (C=O) groups excluding carboxylic acids is 1. The molecule has 2 aliphatic carbocycles. The number of hydrogen-bond acceptors (Lipinski definition) is 6. The van der Waals surface area contributed by atoms with Gasteiger partial charge >= 0.3 is 5.97 Å². The molecule has 1 aromatic heterocycles. The standard InChI is InChI=1S/C15H22N2O3S/c1-3-19-13(18)15(17-11-4-5-11)7-6-12(8-15)21-14-16-10(2)9-20-14/h9,11-12,17H,3-8H2,1-2H3. The normalized spacial score (nSPS) is 28.8. The Hall–Kier alpha value is -1.01. The Morgan fingerprint density at radius 1 is 1.57 bits per heavy atom. The molecule has 0 saturated heterocycles. The van der Waals surface area contributed by atoms with E-state index in [0.717, 1.165) is 37.8 Å². The number of rotatable bonds is 6. The van der Waals surface area contributed by atoms with E-state index in [0.29, 0.717) is 23.1 Å². The van der Waals surface area contributed by atoms with Crippen LogP contribution in [-0.4, -0.2) is 34.4 Å². The summed E-state index contributed by atoms with van der Waals surface area (Å²) in [6, 6.07) is 0.488. The van der Waals surface area contributed by atoms with E-state index >= 15 is 0 Å². The lowest BCUT2D eigenvalue weighted by molar-refractivity contribution is -0.151. The lowest BCUT2D eigenvalue weighted by atomic mass is 9.97. The summed E-state index contributed by atoms with van der Waals surface area (Å²) in [4.78, 5) is 16.7. The van der Waals surface area contributed by atoms with Crippen molar-refractivity contribution in [1.29, 1.82) is 0 Å². The molecule has 21 heavy (non-hydrogen) atoms. The predicted octanol–water partition coefficient (Wildman–Crippen LogP) is 2.68. The lowest BCUT2D eigenvalue weighted by Crippen LogP contribution is -2.52. The number of aryl methyl sites for hydroxylation is 1. The van der Waals surface area contributed by atoms with E-state index < -0.39 is 5.54 Å². The molecule has 2 aliphatic rings. The lowest BCUT2D eigenvalue weighted by Gasteiger charge is -2.28. The van der Waals surface area contributed by atoms with Gasteiger partial charge in [0.25, 0.3) is 5.22 Å². The van der Waals surface area contributed by atoms with Gasteiger partial charge in [0.15, 0.2) is 0 Å². The Kier molecular flexibility index (Phi) is 4.26. The smallest absolute Gasteiger partial charge is 0.326 e. The van der Waals surface area contributed by atoms with Gasteiger partial charge in [0.1, 0.15) is 11.8 Å². The first-order valence-electron chi connectivity index (χ1n) is 7.65. The molecule has 0 aromatic carbocycles. The van der Waals surface area contributed by atoms with Crippen LogP contribution in [0.25, 0.3) is 0 Å². The number of ether oxygens (including phenoxy) is 1. The highest BCUT2D eigenvalue weighted by Crippen LogP contribution is 2.42. The van der Waals surface area contributed by atoms with Gasteiger partial charge < -0.3 is 9.15 Å². The average molecular weight is 310 g/mol. The van der Waals surface area contributed by atoms with Gasteiger partial charge in [-0.15, -0.1) is 0 Å². The van der Waals surface area contributed by atoms with Crippen molar-refractivity contribution < 1.29 is 13.9 Å². The van der Waals surface area contributed by atoms with E-state index in [-0.39, 0.29) is 5.97 Å². The summed E-state index contributed by atoms with van der Waals surface area (Å²) in [6.07, 6.45) is 6.59. The molecule has 2 saturated carbocycles. The van der Waals surface area contributed by atoms with E-state index in [9.17, 15) is 4.79 Å². The molecule has 5 nitrogen and oxygen atoms in total. The summed E-state index contributed by atoms with van der Waals surface area (Å²) >= 11 is 1.63. The summed E-state index contributed by atoms with van der Waals surface area (Å²) in [7, 11) is 0. The molecule has 1 aromatic rings. The first-order valence-corrected chi connectivity index (χ1v) is 8.53. The van der Waals surface area contributed by atoms with E-state index in [2.05, 4.69) is 10.3 Å². The van der Waals surface area contributed by atoms with Crippen LogP contribution in [0, 0.1) is 6.92 Å². The van der Waals surface area contributed by atoms with Gasteiger partial charge in [-0.2, -0.15) is 0 Å². The second-order valence-electron chi connectivity index (χ2n) is 5.96. The minimum atomic E-state index is -0.503. The second kappa shape index (κ2) is 6.01. The van der Waals surface area contributed by atoms with Crippen molar-refractivity contribution in [3.05, 3.63) is 12.0 Å². The Balaban J connectivity index is 1.66. The molecule has 3 rings (SSSR count). The number of aromatic nitrogens is 1. The number of oxazole rings is 1. The maximum Gasteiger partial charge on any atom is 0.326 e. The number of nitrogens with zero attached hydrogens (tertiary/aromatic N) is 1. The zero-order chi connectivity index (χ0) is 14.9. The van der Waals surface area contributed by atoms with Crippen molar-refractivity contribution in [3.8, 4) is 0 Å². The number of carbonyl (C=O) groups is 1. The number of thioether (sulfide) groups is 1. The zero-order valence-electron chi connectivity index (χ0n) is 12.6. The van der Waals surface area contributed by atoms with Crippen molar-refractivity contribution in [2.75, 3.05) is 6.61 Å². The van der Waals surface area contributed by atoms with Crippen molar-refractivity contribution in [2.24, 2.45) is 0 Å². The zero-order valence-corrected chi connectivity index (χ0v) is 13.4. The quantitative estimate of drug-likeness (QED) is 0.815. The van der Waals surface area contributed by atoms with Crippen molar-refractivity contribution in [1.82, 2.24) is 10.3 Å². The van der Waals surface area contributed by atoms with E-state index in [1.54, 1.807) is 18.0 Å². The van der Waals surface area contributed by atoms with Gasteiger partial charge in [-0.05, 0) is 46.0 Å². The fourth-order valence-electron chi connectivity index (χ4n) is 2.89. The summed E-state index contributed by atoms with van der Waals surface area (Å²) in [5.41, 5.74) is 0.388. The van der Waals surface area contributed by atoms with Crippen molar-refractivity contribution >= 4 is 17.7 Å². The molecule has 2 atom stereocenters. The van der Waals surface area contributed by atoms with Gasteiger partial charge in [-0.3, -0.25) is 10.1 Å². The second-order valence-corrected chi connectivity index (χ2v) is 7.21. The average Bonchev–Trinajstić information content (AvgIpc) is 3.01. The molecule has 116 valence electrons. The number of esters is 1. The molecule has 1 N–H and O–H groups in total. The highest BCUT2D eigenvalue weighted by atomic mass is 32.2. The van der Waals surface area contributed by atoms with Crippen molar-refractivity contribution in [3.63, 3.8) is 0 Å². The van der Waals surface area contributed by atoms with Gasteiger partial charge in [0, 0.05) is 11.3 Å². The fraction of sp³-hybridized carbons (Fsp3) is 0.733. The Morgan fingerprint density at radius 3 is 3.00 bits per heavy atom. The van der Waals surface area contributed by atoms with E-state index in [1.807, 2.05) is 13.8 Å². The van der Waals surface area contributed by atoms with Crippen LogP contribution >= 0.6 is 11.8 Å². The Labute approximate surface area is 129 Å². The highest BCUT2D eigenvalue weighted by Gasteiger charge is 2.49. The largest absolute Gasteiger partial charge is 0.465 e. The van der Waals surface area contributed by atoms with Gasteiger partial charge in [0.2, 0.25) is 0 Å². The fourth-order valence-corrected chi connectivity index (χ4v) is 4.08. The molecular formula is C15H22N2O3S. The molecule has 0 radical (unpaired) electrons. The van der Waals surface area contributed by atoms with Crippen LogP contribution in [-0.2, 0) is 9.53 Å². The first-order chi connectivity index (χ1) is 10.1. The molecule has 0 bridgehead atoms. The van der Waals surface area contributed by atoms with Crippen LogP contribution in [0.2, 0.25) is 0 Å². The van der Waals surface area contributed by atoms with E-state index in [1.165, 1.54) is 0 Å². The summed E-state index contributed by atoms with van der Waals surface area (Å²) in [5.74, 6) is -0.0939. The summed E-state index contributed by atoms with van der Waals surface area (Å²) in [5, 5.41) is 4.58. The van der Waals surface area contributed by atoms with Crippen LogP contribution in [0.3, 0.4) is 0 Å². The minimum Gasteiger partial charge on any atom is -0.465 e. The number of nitrogens with one attached hydrogen (secondary N) is 1. The molecule has 0 aliphatic heterocycles. The van der Waals surface area contributed by atoms with E-state index in [4.69, 9.17) is 9.15 Å². The van der Waals surface area contributed by atoms with Crippen LogP contribution in [0.1, 0.15) is 44.7 Å². The van der Waals surface area contributed by atoms with Crippen molar-refractivity contribution in [2.45, 2.75) is 68.0 Å². The predicted molar refractivity (Wildman–Crippen MR) is 80.3 cm³/mol. The van der Waals surface area contributed by atoms with Crippen LogP contribution in [0.4, 0.5) is 0 Å². The van der Waals surface area contributed by atoms with Crippen LogP contribution in [0.5, 0.6) is 0 Å². The van der Waals surface area contributed by atoms with Gasteiger partial charge in [-0.25, -0.2) is 4.98 Å². The number of hydrogen-bond donors (Lipinski definition) is 1. The first kappa shape index (κ1) is 14.9. The molecule has 0 amide bonds. The molecule has 1 heterocycles. The third-order valence-corrected chi connectivity index (χ3v) is 5.18. The van der Waals surface area contributed by atoms with Crippen LogP contribution in [0.15, 0.2) is 15.9 Å². The molecule has 2 unspecified atom stereocenters. The maximum absolute atomic E-state index is 12.4. The monoisotopic (exact) mass is 310 g/mol. The maximum atomic E-state index is 12.4. The van der Waals surface area contributed by atoms with Crippen LogP contribution < -0.4 is 5.32 Å². The summed E-state index contributed by atoms with van der Waals surface area (Å²) in [6.45, 7) is 4.21. The minimum absolute atomic E-state index is 0.0939. The summed E-state index contributed by atoms with van der Waals surface area (Å²) < 4.78 is 10.7. The highest BCUT2D eigenvalue weighted by molar-refractivity contribution is 7.99.